The SMILES string of the molecule is CC[C@H](C)[C@@H]([C@@H](CC(=O)N1C[C@H](OC)CC1[C@H](OC)[C@@H](C)C(=O)C[C@@H](C)C(=O)c1cc(F)cc(F)c1)OC)N(C)C(=O)[C@@H](CC(=O)[C@@H](NC)C(C)C)C(C)C. The molecule has 1 aliphatic heterocycles. The number of carbonyl (C=O) groups is 5. The number of Topliss-reactive ketones (excluding diaryl/α,β-unsaturated/α-hetero) is 3. The Kier molecular flexibility index (Phi) is 19.2. The van der Waals surface area contributed by atoms with Crippen molar-refractivity contribution in [2.24, 2.45) is 35.5 Å². The first-order valence-electron chi connectivity index (χ1n) is 19.6. The number of carbonyl (C=O) groups excluding carboxylic acids is 5. The zero-order valence-electron chi connectivity index (χ0n) is 35.3. The molecule has 1 saturated heterocycles. The van der Waals surface area contributed by atoms with Crippen LogP contribution in [0, 0.1) is 47.1 Å². The van der Waals surface area contributed by atoms with E-state index in [0.717, 1.165) is 12.1 Å². The van der Waals surface area contributed by atoms with Crippen LogP contribution in [0.1, 0.15) is 97.9 Å². The second-order valence-corrected chi connectivity index (χ2v) is 16.1. The summed E-state index contributed by atoms with van der Waals surface area (Å²) in [4.78, 5) is 71.9. The van der Waals surface area contributed by atoms with Crippen molar-refractivity contribution in [3.63, 3.8) is 0 Å². The van der Waals surface area contributed by atoms with E-state index in [1.54, 1.807) is 37.9 Å². The smallest absolute Gasteiger partial charge is 0.226 e. The minimum absolute atomic E-state index is 0.0206. The molecule has 312 valence electrons. The van der Waals surface area contributed by atoms with Gasteiger partial charge in [0.25, 0.3) is 0 Å². The highest BCUT2D eigenvalue weighted by Gasteiger charge is 2.45. The number of ketones is 3. The quantitative estimate of drug-likeness (QED) is 0.138. The minimum atomic E-state index is -0.881. The summed E-state index contributed by atoms with van der Waals surface area (Å²) in [5.41, 5.74) is -0.151. The fourth-order valence-electron chi connectivity index (χ4n) is 8.13. The van der Waals surface area contributed by atoms with Gasteiger partial charge in [0.1, 0.15) is 17.4 Å². The molecular formula is C42H67F2N3O8. The number of hydrogen-bond acceptors (Lipinski definition) is 9. The van der Waals surface area contributed by atoms with E-state index in [0.29, 0.717) is 18.9 Å². The summed E-state index contributed by atoms with van der Waals surface area (Å²) in [5.74, 6) is -5.34. The number of nitrogens with zero attached hydrogens (tertiary/aromatic N) is 2. The fourth-order valence-corrected chi connectivity index (χ4v) is 8.13. The van der Waals surface area contributed by atoms with Gasteiger partial charge in [-0.3, -0.25) is 24.0 Å². The van der Waals surface area contributed by atoms with Crippen LogP contribution in [0.15, 0.2) is 18.2 Å². The van der Waals surface area contributed by atoms with Crippen LogP contribution in [0.2, 0.25) is 0 Å². The summed E-state index contributed by atoms with van der Waals surface area (Å²) < 4.78 is 45.2. The van der Waals surface area contributed by atoms with Crippen LogP contribution in [-0.2, 0) is 33.4 Å². The first kappa shape index (κ1) is 48.0. The van der Waals surface area contributed by atoms with Gasteiger partial charge in [0.2, 0.25) is 11.8 Å². The Morgan fingerprint density at radius 3 is 1.95 bits per heavy atom. The molecule has 2 amide bonds. The maximum atomic E-state index is 14.3. The van der Waals surface area contributed by atoms with E-state index in [1.165, 1.54) is 21.1 Å². The first-order valence-corrected chi connectivity index (χ1v) is 19.6. The highest BCUT2D eigenvalue weighted by atomic mass is 19.1. The van der Waals surface area contributed by atoms with Crippen LogP contribution < -0.4 is 5.32 Å². The van der Waals surface area contributed by atoms with Gasteiger partial charge in [-0.05, 0) is 43.4 Å². The summed E-state index contributed by atoms with van der Waals surface area (Å²) in [6, 6.07) is 1.16. The summed E-state index contributed by atoms with van der Waals surface area (Å²) >= 11 is 0. The van der Waals surface area contributed by atoms with E-state index < -0.39 is 59.5 Å². The van der Waals surface area contributed by atoms with E-state index in [1.807, 2.05) is 41.5 Å². The number of nitrogens with one attached hydrogen (secondary N) is 1. The number of ether oxygens (including phenoxy) is 3. The standard InChI is InChI=1S/C42H67F2N3O8/c1-14-25(6)39(46(10)42(52)32(23(2)3)20-35(49)38(45-9)24(4)5)36(54-12)21-37(50)47-22-31(53-11)19-33(47)41(55-13)27(8)34(48)15-26(7)40(51)28-16-29(43)18-30(44)17-28/h16-18,23-27,31-33,36,38-39,41,45H,14-15,19-22H2,1-13H3/t25-,26+,27-,31+,32-,33?,36+,38-,39-,41+/m0/s1. The summed E-state index contributed by atoms with van der Waals surface area (Å²) in [6.07, 6.45) is -0.835. The predicted octanol–water partition coefficient (Wildman–Crippen LogP) is 5.76. The third-order valence-corrected chi connectivity index (χ3v) is 11.7. The van der Waals surface area contributed by atoms with Gasteiger partial charge in [-0.25, -0.2) is 8.78 Å². The lowest BCUT2D eigenvalue weighted by atomic mass is 9.84. The maximum Gasteiger partial charge on any atom is 0.226 e. The van der Waals surface area contributed by atoms with Crippen molar-refractivity contribution in [3.05, 3.63) is 35.4 Å². The van der Waals surface area contributed by atoms with Gasteiger partial charge in [0.15, 0.2) is 11.6 Å². The number of benzene rings is 1. The first-order chi connectivity index (χ1) is 25.8. The summed E-state index contributed by atoms with van der Waals surface area (Å²) in [6.45, 7) is 15.3. The molecule has 1 N–H and O–H groups in total. The number of rotatable bonds is 23. The Labute approximate surface area is 327 Å². The molecule has 1 aromatic carbocycles. The molecule has 1 aliphatic rings. The van der Waals surface area contributed by atoms with Crippen molar-refractivity contribution >= 4 is 29.2 Å². The number of halogens is 2. The van der Waals surface area contributed by atoms with E-state index in [-0.39, 0.29) is 84.7 Å². The van der Waals surface area contributed by atoms with Crippen molar-refractivity contribution in [1.82, 2.24) is 15.1 Å². The van der Waals surface area contributed by atoms with Crippen molar-refractivity contribution in [2.45, 2.75) is 124 Å². The van der Waals surface area contributed by atoms with E-state index >= 15 is 0 Å². The second kappa shape index (κ2) is 22.0. The van der Waals surface area contributed by atoms with Crippen LogP contribution in [0.25, 0.3) is 0 Å². The molecular weight excluding hydrogens is 712 g/mol. The molecule has 10 atom stereocenters. The predicted molar refractivity (Wildman–Crippen MR) is 207 cm³/mol. The van der Waals surface area contributed by atoms with Gasteiger partial charge in [-0.2, -0.15) is 0 Å². The minimum Gasteiger partial charge on any atom is -0.380 e. The highest BCUT2D eigenvalue weighted by Crippen LogP contribution is 2.32. The molecule has 11 nitrogen and oxygen atoms in total. The van der Waals surface area contributed by atoms with Crippen LogP contribution in [0.5, 0.6) is 0 Å². The summed E-state index contributed by atoms with van der Waals surface area (Å²) in [5, 5.41) is 3.09. The van der Waals surface area contributed by atoms with Gasteiger partial charge in [-0.1, -0.05) is 61.8 Å². The molecule has 1 aromatic rings. The molecule has 1 fully saturated rings. The largest absolute Gasteiger partial charge is 0.380 e. The molecule has 2 rings (SSSR count). The van der Waals surface area contributed by atoms with Crippen LogP contribution >= 0.6 is 0 Å². The molecule has 0 radical (unpaired) electrons. The number of methoxy groups -OCH3 is 3. The maximum absolute atomic E-state index is 14.3. The molecule has 0 aliphatic carbocycles. The van der Waals surface area contributed by atoms with E-state index in [9.17, 15) is 32.8 Å². The normalized spacial score (nSPS) is 20.4. The molecule has 0 saturated carbocycles. The summed E-state index contributed by atoms with van der Waals surface area (Å²) in [7, 11) is 8.01. The lowest BCUT2D eigenvalue weighted by molar-refractivity contribution is -0.149. The van der Waals surface area contributed by atoms with Crippen LogP contribution in [0.3, 0.4) is 0 Å². The van der Waals surface area contributed by atoms with Crippen molar-refractivity contribution in [1.29, 1.82) is 0 Å². The number of hydrogen-bond donors (Lipinski definition) is 1. The van der Waals surface area contributed by atoms with Gasteiger partial charge in [0, 0.05) is 77.1 Å². The number of likely N-dealkylation sites (tertiary alicyclic amines) is 1. The lowest BCUT2D eigenvalue weighted by Gasteiger charge is -2.41. The van der Waals surface area contributed by atoms with Crippen LogP contribution in [-0.4, -0.2) is 117 Å². The molecule has 0 spiro atoms. The van der Waals surface area contributed by atoms with Crippen molar-refractivity contribution in [2.75, 3.05) is 42.0 Å². The van der Waals surface area contributed by atoms with Crippen molar-refractivity contribution in [3.8, 4) is 0 Å². The Bertz CT molecular complexity index is 1440. The zero-order chi connectivity index (χ0) is 41.9. The molecule has 0 aromatic heterocycles. The van der Waals surface area contributed by atoms with Gasteiger partial charge < -0.3 is 29.3 Å². The molecule has 1 unspecified atom stereocenters. The molecule has 0 bridgehead atoms. The number of amides is 2. The number of likely N-dealkylation sites (N-methyl/N-ethyl adjacent to an activating group) is 2. The Morgan fingerprint density at radius 2 is 1.47 bits per heavy atom. The van der Waals surface area contributed by atoms with Crippen LogP contribution in [0.4, 0.5) is 8.78 Å². The Morgan fingerprint density at radius 1 is 0.873 bits per heavy atom. The average Bonchev–Trinajstić information content (AvgIpc) is 3.56. The van der Waals surface area contributed by atoms with Gasteiger partial charge in [-0.15, -0.1) is 0 Å². The zero-order valence-corrected chi connectivity index (χ0v) is 35.3. The Balaban J connectivity index is 2.33. The van der Waals surface area contributed by atoms with Crippen molar-refractivity contribution < 1.29 is 47.0 Å². The van der Waals surface area contributed by atoms with E-state index in [4.69, 9.17) is 14.2 Å². The fraction of sp³-hybridized carbons (Fsp3) is 0.738. The second-order valence-electron chi connectivity index (χ2n) is 16.1. The third kappa shape index (κ3) is 12.4. The molecule has 55 heavy (non-hydrogen) atoms. The van der Waals surface area contributed by atoms with Gasteiger partial charge in [0.05, 0.1) is 42.9 Å². The monoisotopic (exact) mass is 779 g/mol. The topological polar surface area (TPSA) is 132 Å². The molecule has 13 heteroatoms. The average molecular weight is 780 g/mol. The highest BCUT2D eigenvalue weighted by molar-refractivity contribution is 6.00. The third-order valence-electron chi connectivity index (χ3n) is 11.7. The molecule has 1 heterocycles. The van der Waals surface area contributed by atoms with E-state index in [2.05, 4.69) is 5.32 Å². The lowest BCUT2D eigenvalue weighted by Crippen LogP contribution is -2.54. The Hall–Kier alpha value is -3.13. The van der Waals surface area contributed by atoms with Gasteiger partial charge >= 0.3 is 0 Å².